The fourth-order valence-corrected chi connectivity index (χ4v) is 5.51. The molecule has 2 amide bonds. The molecule has 0 heterocycles. The molecule has 4 aromatic carbocycles. The van der Waals surface area contributed by atoms with Crippen molar-refractivity contribution in [3.63, 3.8) is 0 Å². The van der Waals surface area contributed by atoms with E-state index in [-0.39, 0.29) is 16.2 Å². The van der Waals surface area contributed by atoms with Crippen LogP contribution in [0.2, 0.25) is 0 Å². The third-order valence-corrected chi connectivity index (χ3v) is 8.68. The van der Waals surface area contributed by atoms with E-state index in [9.17, 15) is 18.0 Å². The Bertz CT molecular complexity index is 1730. The van der Waals surface area contributed by atoms with Crippen LogP contribution in [0.4, 0.5) is 17.1 Å². The Labute approximate surface area is 252 Å². The van der Waals surface area contributed by atoms with Gasteiger partial charge in [0.15, 0.2) is 11.5 Å². The largest absolute Gasteiger partial charge is 0.493 e. The fraction of sp³-hybridized carbons (Fsp3) is 0.212. The number of methoxy groups -OCH3 is 2. The van der Waals surface area contributed by atoms with Crippen LogP contribution in [-0.2, 0) is 15.4 Å². The van der Waals surface area contributed by atoms with E-state index in [4.69, 9.17) is 9.47 Å². The molecule has 0 aliphatic carbocycles. The first-order valence-corrected chi connectivity index (χ1v) is 14.9. The second kappa shape index (κ2) is 12.6. The van der Waals surface area contributed by atoms with E-state index in [1.165, 1.54) is 51.6 Å². The minimum Gasteiger partial charge on any atom is -0.493 e. The summed E-state index contributed by atoms with van der Waals surface area (Å²) in [6, 6.07) is 24.9. The second-order valence-corrected chi connectivity index (χ2v) is 12.8. The van der Waals surface area contributed by atoms with Crippen LogP contribution in [0.25, 0.3) is 0 Å². The lowest BCUT2D eigenvalue weighted by Crippen LogP contribution is -2.26. The predicted molar refractivity (Wildman–Crippen MR) is 169 cm³/mol. The highest BCUT2D eigenvalue weighted by Crippen LogP contribution is 2.32. The van der Waals surface area contributed by atoms with E-state index in [0.29, 0.717) is 39.7 Å². The second-order valence-electron chi connectivity index (χ2n) is 10.9. The van der Waals surface area contributed by atoms with Crippen molar-refractivity contribution < 1.29 is 27.5 Å². The Morgan fingerprint density at radius 1 is 0.698 bits per heavy atom. The molecule has 224 valence electrons. The third-order valence-electron chi connectivity index (χ3n) is 6.90. The average Bonchev–Trinajstić information content (AvgIpc) is 3.00. The zero-order valence-corrected chi connectivity index (χ0v) is 25.8. The molecule has 0 fully saturated rings. The lowest BCUT2D eigenvalue weighted by atomic mass is 9.87. The summed E-state index contributed by atoms with van der Waals surface area (Å²) in [6.07, 6.45) is 0. The molecular formula is C33H35N3O6S. The molecule has 10 heteroatoms. The number of anilines is 3. The van der Waals surface area contributed by atoms with Gasteiger partial charge in [-0.15, -0.1) is 0 Å². The number of ether oxygens (including phenoxy) is 2. The quantitative estimate of drug-likeness (QED) is 0.232. The molecule has 43 heavy (non-hydrogen) atoms. The number of hydrogen-bond donors (Lipinski definition) is 2. The molecule has 0 radical (unpaired) electrons. The number of carbonyl (C=O) groups excluding carboxylic acids is 2. The minimum absolute atomic E-state index is 0.0125. The smallest absolute Gasteiger partial charge is 0.264 e. The Morgan fingerprint density at radius 2 is 1.21 bits per heavy atom. The van der Waals surface area contributed by atoms with Crippen LogP contribution in [0.3, 0.4) is 0 Å². The number of carbonyl (C=O) groups is 2. The minimum atomic E-state index is -3.91. The van der Waals surface area contributed by atoms with Gasteiger partial charge in [-0.2, -0.15) is 0 Å². The molecule has 0 aliphatic rings. The highest BCUT2D eigenvalue weighted by molar-refractivity contribution is 7.92. The molecule has 9 nitrogen and oxygen atoms in total. The number of nitrogens with one attached hydrogen (secondary N) is 2. The zero-order chi connectivity index (χ0) is 31.4. The van der Waals surface area contributed by atoms with Crippen LogP contribution >= 0.6 is 0 Å². The van der Waals surface area contributed by atoms with Crippen molar-refractivity contribution in [2.75, 3.05) is 36.2 Å². The summed E-state index contributed by atoms with van der Waals surface area (Å²) in [5.41, 5.74) is 3.36. The van der Waals surface area contributed by atoms with Gasteiger partial charge in [0.1, 0.15) is 0 Å². The SMILES string of the molecule is COc1ccc(S(=O)(=O)N(C)c2ccc(C(=O)Nc3cccc(NC(=O)c4ccc(C(C)(C)C)cc4)c3)cc2)cc1OC. The van der Waals surface area contributed by atoms with Gasteiger partial charge < -0.3 is 20.1 Å². The predicted octanol–water partition coefficient (Wildman–Crippen LogP) is 6.33. The number of amides is 2. The van der Waals surface area contributed by atoms with Gasteiger partial charge in [0.2, 0.25) is 0 Å². The van der Waals surface area contributed by atoms with Gasteiger partial charge in [-0.3, -0.25) is 13.9 Å². The Balaban J connectivity index is 1.42. The zero-order valence-electron chi connectivity index (χ0n) is 25.0. The summed E-state index contributed by atoms with van der Waals surface area (Å²) < 4.78 is 38.0. The van der Waals surface area contributed by atoms with Crippen LogP contribution in [-0.4, -0.2) is 41.5 Å². The highest BCUT2D eigenvalue weighted by Gasteiger charge is 2.23. The van der Waals surface area contributed by atoms with Crippen molar-refractivity contribution in [3.8, 4) is 11.5 Å². The molecule has 0 spiro atoms. The first kappa shape index (κ1) is 31.1. The van der Waals surface area contributed by atoms with Gasteiger partial charge >= 0.3 is 0 Å². The fourth-order valence-electron chi connectivity index (χ4n) is 4.30. The van der Waals surface area contributed by atoms with Crippen molar-refractivity contribution in [1.29, 1.82) is 0 Å². The summed E-state index contributed by atoms with van der Waals surface area (Å²) in [7, 11) is 0.420. The first-order chi connectivity index (χ1) is 20.3. The standard InChI is InChI=1S/C33H35N3O6S/c1-33(2,3)24-14-10-22(11-15-24)31(37)34-25-8-7-9-26(20-25)35-32(38)23-12-16-27(17-13-23)36(4)43(39,40)28-18-19-29(41-5)30(21-28)42-6/h7-21H,1-6H3,(H,34,37)(H,35,38). The maximum Gasteiger partial charge on any atom is 0.264 e. The monoisotopic (exact) mass is 601 g/mol. The van der Waals surface area contributed by atoms with E-state index in [0.717, 1.165) is 9.87 Å². The number of hydrogen-bond acceptors (Lipinski definition) is 6. The van der Waals surface area contributed by atoms with Crippen molar-refractivity contribution in [2.45, 2.75) is 31.1 Å². The van der Waals surface area contributed by atoms with Gasteiger partial charge in [-0.25, -0.2) is 8.42 Å². The van der Waals surface area contributed by atoms with E-state index in [1.807, 2.05) is 12.1 Å². The summed E-state index contributed by atoms with van der Waals surface area (Å²) in [5, 5.41) is 5.68. The van der Waals surface area contributed by atoms with Gasteiger partial charge in [-0.1, -0.05) is 39.0 Å². The molecule has 2 N–H and O–H groups in total. The van der Waals surface area contributed by atoms with E-state index >= 15 is 0 Å². The van der Waals surface area contributed by atoms with Gasteiger partial charge in [0, 0.05) is 35.6 Å². The lowest BCUT2D eigenvalue weighted by Gasteiger charge is -2.20. The molecule has 0 atom stereocenters. The highest BCUT2D eigenvalue weighted by atomic mass is 32.2. The molecule has 0 saturated heterocycles. The van der Waals surface area contributed by atoms with Crippen molar-refractivity contribution in [3.05, 3.63) is 108 Å². The number of sulfonamides is 1. The summed E-state index contributed by atoms with van der Waals surface area (Å²) >= 11 is 0. The Morgan fingerprint density at radius 3 is 1.70 bits per heavy atom. The average molecular weight is 602 g/mol. The number of benzene rings is 4. The Kier molecular flexibility index (Phi) is 9.10. The summed E-state index contributed by atoms with van der Waals surface area (Å²) in [4.78, 5) is 25.8. The first-order valence-electron chi connectivity index (χ1n) is 13.5. The van der Waals surface area contributed by atoms with Crippen LogP contribution < -0.4 is 24.4 Å². The maximum absolute atomic E-state index is 13.2. The maximum atomic E-state index is 13.2. The molecule has 4 rings (SSSR count). The van der Waals surface area contributed by atoms with Crippen LogP contribution in [0.1, 0.15) is 47.1 Å². The molecular weight excluding hydrogens is 566 g/mol. The lowest BCUT2D eigenvalue weighted by molar-refractivity contribution is 0.101. The normalized spacial score (nSPS) is 11.4. The Hall–Kier alpha value is -4.83. The summed E-state index contributed by atoms with van der Waals surface area (Å²) in [6.45, 7) is 6.34. The van der Waals surface area contributed by atoms with Gasteiger partial charge in [0.25, 0.3) is 21.8 Å². The number of rotatable bonds is 9. The summed E-state index contributed by atoms with van der Waals surface area (Å²) in [5.74, 6) is 0.0607. The van der Waals surface area contributed by atoms with Crippen LogP contribution in [0, 0.1) is 0 Å². The van der Waals surface area contributed by atoms with Gasteiger partial charge in [-0.05, 0) is 77.7 Å². The number of nitrogens with zero attached hydrogens (tertiary/aromatic N) is 1. The van der Waals surface area contributed by atoms with Gasteiger partial charge in [0.05, 0.1) is 24.8 Å². The molecule has 0 aliphatic heterocycles. The molecule has 0 aromatic heterocycles. The van der Waals surface area contributed by atoms with Crippen molar-refractivity contribution in [2.24, 2.45) is 0 Å². The van der Waals surface area contributed by atoms with E-state index in [1.54, 1.807) is 48.5 Å². The van der Waals surface area contributed by atoms with E-state index in [2.05, 4.69) is 31.4 Å². The topological polar surface area (TPSA) is 114 Å². The van der Waals surface area contributed by atoms with Crippen LogP contribution in [0.15, 0.2) is 95.9 Å². The van der Waals surface area contributed by atoms with Crippen molar-refractivity contribution >= 4 is 38.9 Å². The van der Waals surface area contributed by atoms with E-state index < -0.39 is 15.9 Å². The van der Waals surface area contributed by atoms with Crippen molar-refractivity contribution in [1.82, 2.24) is 0 Å². The van der Waals surface area contributed by atoms with Crippen LogP contribution in [0.5, 0.6) is 11.5 Å². The molecule has 4 aromatic rings. The molecule has 0 bridgehead atoms. The molecule has 0 saturated carbocycles. The third kappa shape index (κ3) is 7.15. The molecule has 0 unspecified atom stereocenters.